The van der Waals surface area contributed by atoms with Gasteiger partial charge in [0.05, 0.1) is 0 Å². The molecule has 94 valence electrons. The highest BCUT2D eigenvalue weighted by Gasteiger charge is 1.75. The molecule has 0 saturated carbocycles. The Balaban J connectivity index is -0.0000000297. The van der Waals surface area contributed by atoms with E-state index in [0.717, 1.165) is 0 Å². The summed E-state index contributed by atoms with van der Waals surface area (Å²) in [5.74, 6) is 0. The molecule has 0 aliphatic rings. The molecule has 0 saturated heterocycles. The van der Waals surface area contributed by atoms with Crippen molar-refractivity contribution in [1.29, 1.82) is 0 Å². The molecule has 0 aliphatic carbocycles. The monoisotopic (exact) mass is 213 g/mol. The van der Waals surface area contributed by atoms with Crippen molar-refractivity contribution >= 4 is 0 Å². The zero-order chi connectivity index (χ0) is 10.2. The van der Waals surface area contributed by atoms with Crippen molar-refractivity contribution in [2.24, 2.45) is 0 Å². The lowest BCUT2D eigenvalue weighted by atomic mass is 10.2. The molecular weight excluding hydrogens is 182 g/mol. The van der Waals surface area contributed by atoms with Gasteiger partial charge in [-0.2, -0.15) is 0 Å². The Morgan fingerprint density at radius 2 is 0.857 bits per heavy atom. The van der Waals surface area contributed by atoms with Gasteiger partial charge in [-0.3, -0.25) is 0 Å². The van der Waals surface area contributed by atoms with E-state index < -0.39 is 0 Å². The predicted molar refractivity (Wildman–Crippen MR) is 64.0 cm³/mol. The SMILES string of the molecule is CCCCCC.CCO.CCO.N.O. The summed E-state index contributed by atoms with van der Waals surface area (Å²) >= 11 is 0. The minimum absolute atomic E-state index is 0. The molecule has 0 amide bonds. The Morgan fingerprint density at radius 1 is 0.714 bits per heavy atom. The number of hydrogen-bond donors (Lipinski definition) is 3. The van der Waals surface area contributed by atoms with Crippen molar-refractivity contribution in [3.8, 4) is 0 Å². The minimum Gasteiger partial charge on any atom is -0.412 e. The Hall–Kier alpha value is -0.160. The standard InChI is InChI=1S/C6H14.2C2H6O.H3N.H2O/c1-3-5-6-4-2;2*1-2-3;;/h3-6H2,1-2H3;2*3H,2H2,1H3;1H3;1H2. The summed E-state index contributed by atoms with van der Waals surface area (Å²) in [6, 6.07) is 0. The molecule has 0 aromatic rings. The van der Waals surface area contributed by atoms with Crippen LogP contribution in [0.2, 0.25) is 0 Å². The molecule has 0 atom stereocenters. The highest BCUT2D eigenvalue weighted by atomic mass is 16.3. The summed E-state index contributed by atoms with van der Waals surface area (Å²) in [4.78, 5) is 0. The average Bonchev–Trinajstić information content (AvgIpc) is 2.04. The van der Waals surface area contributed by atoms with Gasteiger partial charge in [0.25, 0.3) is 0 Å². The van der Waals surface area contributed by atoms with Crippen molar-refractivity contribution in [2.75, 3.05) is 13.2 Å². The van der Waals surface area contributed by atoms with Crippen LogP contribution in [0.4, 0.5) is 0 Å². The molecule has 0 rings (SSSR count). The molecule has 0 aromatic carbocycles. The molecule has 0 spiro atoms. The molecule has 14 heavy (non-hydrogen) atoms. The van der Waals surface area contributed by atoms with Crippen LogP contribution in [0.25, 0.3) is 0 Å². The Morgan fingerprint density at radius 3 is 0.929 bits per heavy atom. The van der Waals surface area contributed by atoms with E-state index in [9.17, 15) is 0 Å². The summed E-state index contributed by atoms with van der Waals surface area (Å²) in [6.07, 6.45) is 5.54. The summed E-state index contributed by atoms with van der Waals surface area (Å²) in [6.45, 7) is 8.32. The second-order valence-corrected chi connectivity index (χ2v) is 2.34. The van der Waals surface area contributed by atoms with E-state index in [1.165, 1.54) is 25.7 Å². The van der Waals surface area contributed by atoms with Crippen molar-refractivity contribution in [3.63, 3.8) is 0 Å². The molecular formula is C10H31NO3. The van der Waals surface area contributed by atoms with Crippen LogP contribution in [0.5, 0.6) is 0 Å². The zero-order valence-corrected chi connectivity index (χ0v) is 10.3. The van der Waals surface area contributed by atoms with Gasteiger partial charge in [-0.15, -0.1) is 0 Å². The minimum atomic E-state index is 0. The van der Waals surface area contributed by atoms with Gasteiger partial charge >= 0.3 is 0 Å². The summed E-state index contributed by atoms with van der Waals surface area (Å²) in [5.41, 5.74) is 0. The van der Waals surface area contributed by atoms with E-state index >= 15 is 0 Å². The third-order valence-electron chi connectivity index (χ3n) is 0.957. The molecule has 0 bridgehead atoms. The van der Waals surface area contributed by atoms with Crippen molar-refractivity contribution < 1.29 is 15.7 Å². The number of hydrogen-bond acceptors (Lipinski definition) is 3. The highest BCUT2D eigenvalue weighted by Crippen LogP contribution is 1.95. The second-order valence-electron chi connectivity index (χ2n) is 2.34. The van der Waals surface area contributed by atoms with Gasteiger partial charge in [0.15, 0.2) is 0 Å². The van der Waals surface area contributed by atoms with Crippen LogP contribution in [0, 0.1) is 0 Å². The fraction of sp³-hybridized carbons (Fsp3) is 1.00. The van der Waals surface area contributed by atoms with Crippen molar-refractivity contribution in [2.45, 2.75) is 53.4 Å². The fourth-order valence-electron chi connectivity index (χ4n) is 0.500. The van der Waals surface area contributed by atoms with Crippen LogP contribution in [-0.2, 0) is 0 Å². The van der Waals surface area contributed by atoms with Crippen LogP contribution in [0.15, 0.2) is 0 Å². The number of unbranched alkanes of at least 4 members (excludes halogenated alkanes) is 3. The molecule has 7 N–H and O–H groups in total. The molecule has 0 heterocycles. The van der Waals surface area contributed by atoms with Crippen molar-refractivity contribution in [1.82, 2.24) is 6.15 Å². The van der Waals surface area contributed by atoms with Crippen LogP contribution in [0.1, 0.15) is 53.4 Å². The second kappa shape index (κ2) is 52.8. The Bertz CT molecular complexity index is 40.3. The van der Waals surface area contributed by atoms with Gasteiger partial charge in [-0.1, -0.05) is 39.5 Å². The molecule has 0 radical (unpaired) electrons. The maximum Gasteiger partial charge on any atom is 0.0402 e. The lowest BCUT2D eigenvalue weighted by Crippen LogP contribution is -1.66. The summed E-state index contributed by atoms with van der Waals surface area (Å²) < 4.78 is 0. The zero-order valence-electron chi connectivity index (χ0n) is 10.3. The van der Waals surface area contributed by atoms with Crippen LogP contribution < -0.4 is 6.15 Å². The fourth-order valence-corrected chi connectivity index (χ4v) is 0.500. The van der Waals surface area contributed by atoms with E-state index in [-0.39, 0.29) is 24.8 Å². The van der Waals surface area contributed by atoms with E-state index in [4.69, 9.17) is 10.2 Å². The maximum atomic E-state index is 7.57. The first-order valence-electron chi connectivity index (χ1n) is 4.96. The van der Waals surface area contributed by atoms with Gasteiger partial charge < -0.3 is 21.8 Å². The third-order valence-corrected chi connectivity index (χ3v) is 0.957. The number of aliphatic hydroxyl groups excluding tert-OH is 2. The molecule has 0 unspecified atom stereocenters. The summed E-state index contributed by atoms with van der Waals surface area (Å²) in [5, 5.41) is 15.1. The lowest BCUT2D eigenvalue weighted by Gasteiger charge is -1.86. The Labute approximate surface area is 89.2 Å². The number of rotatable bonds is 3. The first-order valence-corrected chi connectivity index (χ1v) is 4.96. The largest absolute Gasteiger partial charge is 0.412 e. The van der Waals surface area contributed by atoms with Crippen LogP contribution in [0.3, 0.4) is 0 Å². The normalized spacial score (nSPS) is 6.43. The van der Waals surface area contributed by atoms with E-state index in [2.05, 4.69) is 13.8 Å². The van der Waals surface area contributed by atoms with Gasteiger partial charge in [0.2, 0.25) is 0 Å². The first-order chi connectivity index (χ1) is 5.74. The Kier molecular flexibility index (Phi) is 110. The number of aliphatic hydroxyl groups is 2. The maximum absolute atomic E-state index is 7.57. The van der Waals surface area contributed by atoms with Crippen LogP contribution in [-0.4, -0.2) is 28.9 Å². The van der Waals surface area contributed by atoms with Crippen LogP contribution >= 0.6 is 0 Å². The van der Waals surface area contributed by atoms with Gasteiger partial charge in [0.1, 0.15) is 0 Å². The molecule has 0 fully saturated rings. The quantitative estimate of drug-likeness (QED) is 0.623. The van der Waals surface area contributed by atoms with Crippen molar-refractivity contribution in [3.05, 3.63) is 0 Å². The van der Waals surface area contributed by atoms with E-state index in [0.29, 0.717) is 0 Å². The average molecular weight is 213 g/mol. The molecule has 4 heteroatoms. The first kappa shape index (κ1) is 29.2. The van der Waals surface area contributed by atoms with Gasteiger partial charge in [-0.25, -0.2) is 0 Å². The lowest BCUT2D eigenvalue weighted by molar-refractivity contribution is 0.318. The highest BCUT2D eigenvalue weighted by molar-refractivity contribution is 4.31. The predicted octanol–water partition coefficient (Wildman–Crippen LogP) is 1.92. The smallest absolute Gasteiger partial charge is 0.0402 e. The van der Waals surface area contributed by atoms with E-state index in [1.54, 1.807) is 13.8 Å². The van der Waals surface area contributed by atoms with E-state index in [1.807, 2.05) is 0 Å². The van der Waals surface area contributed by atoms with Gasteiger partial charge in [0, 0.05) is 13.2 Å². The van der Waals surface area contributed by atoms with Gasteiger partial charge in [-0.05, 0) is 13.8 Å². The summed E-state index contributed by atoms with van der Waals surface area (Å²) in [7, 11) is 0. The third kappa shape index (κ3) is 172. The molecule has 0 aliphatic heterocycles. The molecule has 4 nitrogen and oxygen atoms in total. The molecule has 0 aromatic heterocycles. The topological polar surface area (TPSA) is 107 Å².